The molecule has 0 bridgehead atoms. The van der Waals surface area contributed by atoms with Crippen molar-refractivity contribution < 1.29 is 9.53 Å². The predicted molar refractivity (Wildman–Crippen MR) is 110 cm³/mol. The fourth-order valence-corrected chi connectivity index (χ4v) is 2.56. The van der Waals surface area contributed by atoms with Crippen molar-refractivity contribution in [1.82, 2.24) is 10.2 Å². The fourth-order valence-electron chi connectivity index (χ4n) is 2.24. The van der Waals surface area contributed by atoms with Crippen LogP contribution in [0.3, 0.4) is 0 Å². The number of benzene rings is 2. The zero-order chi connectivity index (χ0) is 19.1. The molecule has 0 aliphatic carbocycles. The van der Waals surface area contributed by atoms with Crippen LogP contribution in [0.1, 0.15) is 22.8 Å². The number of carbonyl (C=O) groups excluding carboxylic acids is 1. The number of anilines is 1. The molecule has 0 unspecified atom stereocenters. The SMILES string of the molecule is Cc1ccc(OC[C@H](C)NC(=S)Nc2ccc(C(=O)N(C)C)cc2)cc1. The van der Waals surface area contributed by atoms with Gasteiger partial charge in [0.2, 0.25) is 0 Å². The summed E-state index contributed by atoms with van der Waals surface area (Å²) in [6.45, 7) is 4.54. The molecule has 0 aliphatic rings. The highest BCUT2D eigenvalue weighted by atomic mass is 32.1. The van der Waals surface area contributed by atoms with E-state index in [1.165, 1.54) is 5.56 Å². The Kier molecular flexibility index (Phi) is 6.97. The summed E-state index contributed by atoms with van der Waals surface area (Å²) in [4.78, 5) is 13.4. The van der Waals surface area contributed by atoms with E-state index in [4.69, 9.17) is 17.0 Å². The lowest BCUT2D eigenvalue weighted by Crippen LogP contribution is -2.39. The molecule has 1 amide bonds. The van der Waals surface area contributed by atoms with E-state index in [0.29, 0.717) is 17.3 Å². The lowest BCUT2D eigenvalue weighted by molar-refractivity contribution is 0.0827. The zero-order valence-corrected chi connectivity index (χ0v) is 16.4. The molecule has 0 saturated carbocycles. The lowest BCUT2D eigenvalue weighted by atomic mass is 10.2. The summed E-state index contributed by atoms with van der Waals surface area (Å²) in [5.41, 5.74) is 2.66. The van der Waals surface area contributed by atoms with E-state index in [1.54, 1.807) is 31.1 Å². The predicted octanol–water partition coefficient (Wildman–Crippen LogP) is 3.45. The average molecular weight is 372 g/mol. The van der Waals surface area contributed by atoms with Gasteiger partial charge < -0.3 is 20.3 Å². The van der Waals surface area contributed by atoms with Crippen molar-refractivity contribution in [3.63, 3.8) is 0 Å². The van der Waals surface area contributed by atoms with E-state index >= 15 is 0 Å². The molecule has 26 heavy (non-hydrogen) atoms. The monoisotopic (exact) mass is 371 g/mol. The first kappa shape index (κ1) is 19.7. The van der Waals surface area contributed by atoms with E-state index in [1.807, 2.05) is 50.2 Å². The van der Waals surface area contributed by atoms with E-state index in [0.717, 1.165) is 11.4 Å². The van der Waals surface area contributed by atoms with Crippen LogP contribution >= 0.6 is 12.2 Å². The standard InChI is InChI=1S/C20H25N3O2S/c1-14-5-11-18(12-6-14)25-13-15(2)21-20(26)22-17-9-7-16(8-10-17)19(24)23(3)4/h5-12,15H,13H2,1-4H3,(H2,21,22,26)/t15-/m0/s1. The molecule has 0 fully saturated rings. The average Bonchev–Trinajstić information content (AvgIpc) is 2.61. The van der Waals surface area contributed by atoms with Gasteiger partial charge in [-0.15, -0.1) is 0 Å². The molecule has 5 nitrogen and oxygen atoms in total. The van der Waals surface area contributed by atoms with Crippen LogP contribution in [0.4, 0.5) is 5.69 Å². The van der Waals surface area contributed by atoms with E-state index in [9.17, 15) is 4.79 Å². The van der Waals surface area contributed by atoms with Crippen LogP contribution in [0.25, 0.3) is 0 Å². The first-order chi connectivity index (χ1) is 12.3. The molecule has 0 aliphatic heterocycles. The molecule has 2 aromatic carbocycles. The van der Waals surface area contributed by atoms with Crippen LogP contribution in [0.5, 0.6) is 5.75 Å². The molecular weight excluding hydrogens is 346 g/mol. The van der Waals surface area contributed by atoms with Gasteiger partial charge in [0.1, 0.15) is 12.4 Å². The Morgan fingerprint density at radius 3 is 2.31 bits per heavy atom. The maximum Gasteiger partial charge on any atom is 0.253 e. The number of aryl methyl sites for hydroxylation is 1. The summed E-state index contributed by atoms with van der Waals surface area (Å²) < 4.78 is 5.75. The summed E-state index contributed by atoms with van der Waals surface area (Å²) in [7, 11) is 3.46. The van der Waals surface area contributed by atoms with Crippen molar-refractivity contribution in [2.45, 2.75) is 19.9 Å². The minimum absolute atomic E-state index is 0.0286. The second-order valence-corrected chi connectivity index (χ2v) is 6.81. The number of hydrogen-bond donors (Lipinski definition) is 2. The first-order valence-corrected chi connectivity index (χ1v) is 8.84. The molecule has 0 saturated heterocycles. The zero-order valence-electron chi connectivity index (χ0n) is 15.6. The molecule has 0 spiro atoms. The second kappa shape index (κ2) is 9.20. The quantitative estimate of drug-likeness (QED) is 0.762. The maximum atomic E-state index is 11.9. The highest BCUT2D eigenvalue weighted by molar-refractivity contribution is 7.80. The van der Waals surface area contributed by atoms with Crippen LogP contribution in [0.2, 0.25) is 0 Å². The summed E-state index contributed by atoms with van der Waals surface area (Å²) in [6, 6.07) is 15.2. The van der Waals surface area contributed by atoms with Crippen molar-refractivity contribution in [2.24, 2.45) is 0 Å². The van der Waals surface area contributed by atoms with Crippen molar-refractivity contribution in [3.05, 3.63) is 59.7 Å². The fraction of sp³-hybridized carbons (Fsp3) is 0.300. The Bertz CT molecular complexity index is 743. The number of nitrogens with zero attached hydrogens (tertiary/aromatic N) is 1. The van der Waals surface area contributed by atoms with Gasteiger partial charge in [0, 0.05) is 25.3 Å². The first-order valence-electron chi connectivity index (χ1n) is 8.44. The number of nitrogens with one attached hydrogen (secondary N) is 2. The topological polar surface area (TPSA) is 53.6 Å². The van der Waals surface area contributed by atoms with Crippen molar-refractivity contribution in [1.29, 1.82) is 0 Å². The molecular formula is C20H25N3O2S. The number of carbonyl (C=O) groups is 1. The summed E-state index contributed by atoms with van der Waals surface area (Å²) in [5.74, 6) is 0.809. The molecule has 0 aromatic heterocycles. The van der Waals surface area contributed by atoms with Crippen LogP contribution in [-0.2, 0) is 0 Å². The lowest BCUT2D eigenvalue weighted by Gasteiger charge is -2.18. The molecule has 2 rings (SSSR count). The normalized spacial score (nSPS) is 11.4. The van der Waals surface area contributed by atoms with Gasteiger partial charge in [-0.3, -0.25) is 4.79 Å². The van der Waals surface area contributed by atoms with Crippen LogP contribution < -0.4 is 15.4 Å². The molecule has 2 aromatic rings. The molecule has 6 heteroatoms. The minimum atomic E-state index is -0.0286. The highest BCUT2D eigenvalue weighted by Gasteiger charge is 2.09. The van der Waals surface area contributed by atoms with Gasteiger partial charge in [0.15, 0.2) is 5.11 Å². The summed E-state index contributed by atoms with van der Waals surface area (Å²) in [5, 5.41) is 6.81. The van der Waals surface area contributed by atoms with Gasteiger partial charge in [-0.2, -0.15) is 0 Å². The Labute approximate surface area is 160 Å². The van der Waals surface area contributed by atoms with E-state index < -0.39 is 0 Å². The third-order valence-electron chi connectivity index (χ3n) is 3.69. The van der Waals surface area contributed by atoms with Gasteiger partial charge in [-0.1, -0.05) is 17.7 Å². The van der Waals surface area contributed by atoms with Gasteiger partial charge >= 0.3 is 0 Å². The summed E-state index contributed by atoms with van der Waals surface area (Å²) in [6.07, 6.45) is 0. The highest BCUT2D eigenvalue weighted by Crippen LogP contribution is 2.12. The van der Waals surface area contributed by atoms with Gasteiger partial charge in [-0.25, -0.2) is 0 Å². The van der Waals surface area contributed by atoms with Crippen LogP contribution in [0.15, 0.2) is 48.5 Å². The summed E-state index contributed by atoms with van der Waals surface area (Å²) >= 11 is 5.33. The minimum Gasteiger partial charge on any atom is -0.491 e. The van der Waals surface area contributed by atoms with Gasteiger partial charge in [0.25, 0.3) is 5.91 Å². The molecule has 0 heterocycles. The Morgan fingerprint density at radius 1 is 1.12 bits per heavy atom. The Balaban J connectivity index is 1.80. The molecule has 1 atom stereocenters. The van der Waals surface area contributed by atoms with Gasteiger partial charge in [-0.05, 0) is 62.5 Å². The number of amides is 1. The van der Waals surface area contributed by atoms with Crippen molar-refractivity contribution >= 4 is 28.9 Å². The van der Waals surface area contributed by atoms with Crippen molar-refractivity contribution in [3.8, 4) is 5.75 Å². The van der Waals surface area contributed by atoms with Crippen LogP contribution in [-0.4, -0.2) is 42.7 Å². The third-order valence-corrected chi connectivity index (χ3v) is 3.91. The van der Waals surface area contributed by atoms with E-state index in [2.05, 4.69) is 10.6 Å². The maximum absolute atomic E-state index is 11.9. The smallest absolute Gasteiger partial charge is 0.253 e. The van der Waals surface area contributed by atoms with Crippen LogP contribution in [0, 0.1) is 6.92 Å². The number of hydrogen-bond acceptors (Lipinski definition) is 3. The number of thiocarbonyl (C=S) groups is 1. The largest absolute Gasteiger partial charge is 0.491 e. The molecule has 138 valence electrons. The molecule has 2 N–H and O–H groups in total. The number of rotatable bonds is 6. The molecule has 0 radical (unpaired) electrons. The Hall–Kier alpha value is -2.60. The van der Waals surface area contributed by atoms with E-state index in [-0.39, 0.29) is 11.9 Å². The Morgan fingerprint density at radius 2 is 1.73 bits per heavy atom. The number of ether oxygens (including phenoxy) is 1. The second-order valence-electron chi connectivity index (χ2n) is 6.40. The van der Waals surface area contributed by atoms with Crippen molar-refractivity contribution in [2.75, 3.05) is 26.0 Å². The third kappa shape index (κ3) is 6.04. The van der Waals surface area contributed by atoms with Gasteiger partial charge in [0.05, 0.1) is 6.04 Å².